The number of hydrogen-bond donors (Lipinski definition) is 1. The third kappa shape index (κ3) is 5.05. The summed E-state index contributed by atoms with van der Waals surface area (Å²) in [5.74, 6) is 3.22. The highest BCUT2D eigenvalue weighted by Gasteiger charge is 2.21. The third-order valence-electron chi connectivity index (χ3n) is 5.49. The van der Waals surface area contributed by atoms with Gasteiger partial charge >= 0.3 is 0 Å². The SMILES string of the molecule is COc1ccc(Nc2nc(C)cc(N3CCC(Cc4ccccc4)CC3)n2)cc1. The number of methoxy groups -OCH3 is 1. The van der Waals surface area contributed by atoms with E-state index in [9.17, 15) is 0 Å². The predicted molar refractivity (Wildman–Crippen MR) is 118 cm³/mol. The van der Waals surface area contributed by atoms with Crippen molar-refractivity contribution in [1.29, 1.82) is 0 Å². The average Bonchev–Trinajstić information content (AvgIpc) is 2.75. The van der Waals surface area contributed by atoms with Gasteiger partial charge in [0.1, 0.15) is 11.6 Å². The second kappa shape index (κ2) is 8.95. The first kappa shape index (κ1) is 19.2. The molecule has 0 atom stereocenters. The Kier molecular flexibility index (Phi) is 5.94. The van der Waals surface area contributed by atoms with Crippen LogP contribution >= 0.6 is 0 Å². The average molecular weight is 389 g/mol. The number of ether oxygens (including phenoxy) is 1. The minimum absolute atomic E-state index is 0.636. The molecule has 29 heavy (non-hydrogen) atoms. The van der Waals surface area contributed by atoms with E-state index in [0.717, 1.165) is 42.0 Å². The number of aromatic nitrogens is 2. The second-order valence-electron chi connectivity index (χ2n) is 7.66. The zero-order valence-corrected chi connectivity index (χ0v) is 17.1. The molecule has 1 aromatic heterocycles. The Balaban J connectivity index is 1.40. The van der Waals surface area contributed by atoms with Crippen LogP contribution in [0.15, 0.2) is 60.7 Å². The number of nitrogens with zero attached hydrogens (tertiary/aromatic N) is 3. The van der Waals surface area contributed by atoms with Crippen molar-refractivity contribution in [3.05, 3.63) is 71.9 Å². The van der Waals surface area contributed by atoms with E-state index in [2.05, 4.69) is 51.6 Å². The van der Waals surface area contributed by atoms with Gasteiger partial charge in [-0.3, -0.25) is 0 Å². The molecule has 0 aliphatic carbocycles. The number of nitrogens with one attached hydrogen (secondary N) is 1. The van der Waals surface area contributed by atoms with E-state index in [1.54, 1.807) is 7.11 Å². The van der Waals surface area contributed by atoms with Gasteiger partial charge in [-0.25, -0.2) is 4.98 Å². The minimum atomic E-state index is 0.636. The standard InChI is InChI=1S/C24H28N4O/c1-18-16-23(27-24(25-18)26-21-8-10-22(29-2)11-9-21)28-14-12-20(13-15-28)17-19-6-4-3-5-7-19/h3-11,16,20H,12-15,17H2,1-2H3,(H,25,26,27). The topological polar surface area (TPSA) is 50.3 Å². The van der Waals surface area contributed by atoms with Crippen LogP contribution in [0, 0.1) is 12.8 Å². The monoisotopic (exact) mass is 388 g/mol. The van der Waals surface area contributed by atoms with Crippen LogP contribution in [0.2, 0.25) is 0 Å². The van der Waals surface area contributed by atoms with Crippen LogP contribution in [0.25, 0.3) is 0 Å². The molecule has 3 aromatic rings. The summed E-state index contributed by atoms with van der Waals surface area (Å²) < 4.78 is 5.22. The molecule has 2 aromatic carbocycles. The summed E-state index contributed by atoms with van der Waals surface area (Å²) in [6.45, 7) is 4.10. The van der Waals surface area contributed by atoms with Crippen molar-refractivity contribution in [2.75, 3.05) is 30.4 Å². The Hall–Kier alpha value is -3.08. The molecule has 0 amide bonds. The maximum atomic E-state index is 5.22. The molecule has 1 aliphatic heterocycles. The zero-order chi connectivity index (χ0) is 20.1. The third-order valence-corrected chi connectivity index (χ3v) is 5.49. The number of rotatable bonds is 6. The molecule has 1 fully saturated rings. The molecular formula is C24H28N4O. The first-order chi connectivity index (χ1) is 14.2. The first-order valence-corrected chi connectivity index (χ1v) is 10.3. The highest BCUT2D eigenvalue weighted by molar-refractivity contribution is 5.56. The fraction of sp³-hybridized carbons (Fsp3) is 0.333. The van der Waals surface area contributed by atoms with E-state index >= 15 is 0 Å². The van der Waals surface area contributed by atoms with Crippen LogP contribution in [0.1, 0.15) is 24.1 Å². The van der Waals surface area contributed by atoms with Gasteiger partial charge in [-0.1, -0.05) is 30.3 Å². The predicted octanol–water partition coefficient (Wildman–Crippen LogP) is 5.00. The van der Waals surface area contributed by atoms with E-state index in [4.69, 9.17) is 9.72 Å². The highest BCUT2D eigenvalue weighted by atomic mass is 16.5. The van der Waals surface area contributed by atoms with Crippen molar-refractivity contribution in [3.8, 4) is 5.75 Å². The van der Waals surface area contributed by atoms with Gasteiger partial charge < -0.3 is 15.0 Å². The van der Waals surface area contributed by atoms with Gasteiger partial charge in [-0.2, -0.15) is 4.98 Å². The van der Waals surface area contributed by atoms with Crippen molar-refractivity contribution < 1.29 is 4.74 Å². The van der Waals surface area contributed by atoms with Gasteiger partial charge in [0, 0.05) is 30.5 Å². The lowest BCUT2D eigenvalue weighted by atomic mass is 9.90. The van der Waals surface area contributed by atoms with Crippen LogP contribution < -0.4 is 15.0 Å². The van der Waals surface area contributed by atoms with Crippen LogP contribution in [0.4, 0.5) is 17.5 Å². The van der Waals surface area contributed by atoms with Crippen molar-refractivity contribution >= 4 is 17.5 Å². The molecule has 0 spiro atoms. The molecular weight excluding hydrogens is 360 g/mol. The van der Waals surface area contributed by atoms with E-state index in [1.165, 1.54) is 24.8 Å². The minimum Gasteiger partial charge on any atom is -0.497 e. The molecule has 150 valence electrons. The molecule has 5 heteroatoms. The summed E-state index contributed by atoms with van der Waals surface area (Å²) in [5, 5.41) is 3.31. The van der Waals surface area contributed by atoms with Crippen molar-refractivity contribution in [2.45, 2.75) is 26.2 Å². The Labute approximate surface area is 172 Å². The zero-order valence-electron chi connectivity index (χ0n) is 17.1. The van der Waals surface area contributed by atoms with Crippen molar-refractivity contribution in [1.82, 2.24) is 9.97 Å². The Morgan fingerprint density at radius 3 is 2.41 bits per heavy atom. The quantitative estimate of drug-likeness (QED) is 0.644. The van der Waals surface area contributed by atoms with Gasteiger partial charge in [-0.05, 0) is 61.9 Å². The lowest BCUT2D eigenvalue weighted by Gasteiger charge is -2.33. The van der Waals surface area contributed by atoms with Crippen LogP contribution in [-0.4, -0.2) is 30.2 Å². The molecule has 0 unspecified atom stereocenters. The normalized spacial score (nSPS) is 14.6. The van der Waals surface area contributed by atoms with Crippen molar-refractivity contribution in [3.63, 3.8) is 0 Å². The van der Waals surface area contributed by atoms with Gasteiger partial charge in [0.15, 0.2) is 0 Å². The number of anilines is 3. The fourth-order valence-electron chi connectivity index (χ4n) is 3.89. The molecule has 0 radical (unpaired) electrons. The molecule has 5 nitrogen and oxygen atoms in total. The molecule has 4 rings (SSSR count). The summed E-state index contributed by atoms with van der Waals surface area (Å²) in [6.07, 6.45) is 3.56. The lowest BCUT2D eigenvalue weighted by Crippen LogP contribution is -2.35. The van der Waals surface area contributed by atoms with E-state index in [-0.39, 0.29) is 0 Å². The van der Waals surface area contributed by atoms with Crippen molar-refractivity contribution in [2.24, 2.45) is 5.92 Å². The van der Waals surface area contributed by atoms with E-state index in [0.29, 0.717) is 5.95 Å². The number of aryl methyl sites for hydroxylation is 1. The summed E-state index contributed by atoms with van der Waals surface area (Å²) in [7, 11) is 1.67. The smallest absolute Gasteiger partial charge is 0.229 e. The van der Waals surface area contributed by atoms with Gasteiger partial charge in [0.2, 0.25) is 5.95 Å². The van der Waals surface area contributed by atoms with E-state index < -0.39 is 0 Å². The summed E-state index contributed by atoms with van der Waals surface area (Å²) in [4.78, 5) is 11.7. The molecule has 2 heterocycles. The highest BCUT2D eigenvalue weighted by Crippen LogP contribution is 2.26. The number of piperidine rings is 1. The second-order valence-corrected chi connectivity index (χ2v) is 7.66. The molecule has 1 N–H and O–H groups in total. The summed E-state index contributed by atoms with van der Waals surface area (Å²) in [6, 6.07) is 20.7. The first-order valence-electron chi connectivity index (χ1n) is 10.3. The van der Waals surface area contributed by atoms with Gasteiger partial charge in [0.25, 0.3) is 0 Å². The largest absolute Gasteiger partial charge is 0.497 e. The molecule has 1 aliphatic rings. The Bertz CT molecular complexity index is 919. The Morgan fingerprint density at radius 1 is 1.00 bits per heavy atom. The maximum Gasteiger partial charge on any atom is 0.229 e. The molecule has 0 saturated carbocycles. The lowest BCUT2D eigenvalue weighted by molar-refractivity contribution is 0.402. The number of hydrogen-bond acceptors (Lipinski definition) is 5. The Morgan fingerprint density at radius 2 is 1.72 bits per heavy atom. The van der Waals surface area contributed by atoms with Crippen LogP contribution in [-0.2, 0) is 6.42 Å². The molecule has 1 saturated heterocycles. The van der Waals surface area contributed by atoms with E-state index in [1.807, 2.05) is 31.2 Å². The summed E-state index contributed by atoms with van der Waals surface area (Å²) >= 11 is 0. The van der Waals surface area contributed by atoms with Gasteiger partial charge in [0.05, 0.1) is 7.11 Å². The molecule has 0 bridgehead atoms. The fourth-order valence-corrected chi connectivity index (χ4v) is 3.89. The summed E-state index contributed by atoms with van der Waals surface area (Å²) in [5.41, 5.74) is 3.36. The van der Waals surface area contributed by atoms with Crippen LogP contribution in [0.5, 0.6) is 5.75 Å². The number of benzene rings is 2. The van der Waals surface area contributed by atoms with Gasteiger partial charge in [-0.15, -0.1) is 0 Å². The van der Waals surface area contributed by atoms with Crippen LogP contribution in [0.3, 0.4) is 0 Å². The maximum absolute atomic E-state index is 5.22.